The third kappa shape index (κ3) is 3.68. The number of aliphatic hydroxyl groups excluding tert-OH is 1. The van der Waals surface area contributed by atoms with Crippen LogP contribution < -0.4 is 10.6 Å². The van der Waals surface area contributed by atoms with E-state index in [4.69, 9.17) is 5.41 Å². The van der Waals surface area contributed by atoms with E-state index in [-0.39, 0.29) is 29.2 Å². The normalized spacial score (nSPS) is 26.6. The molecule has 7 heteroatoms. The summed E-state index contributed by atoms with van der Waals surface area (Å²) in [6.07, 6.45) is 0.840. The summed E-state index contributed by atoms with van der Waals surface area (Å²) < 4.78 is 0. The number of carbonyl (C=O) groups excluding carboxylic acids is 2. The molecular weight excluding hydrogens is 428 g/mol. The minimum absolute atomic E-state index is 0.0806. The number of hydrogen-bond acceptors (Lipinski definition) is 4. The highest BCUT2D eigenvalue weighted by Crippen LogP contribution is 2.48. The van der Waals surface area contributed by atoms with Gasteiger partial charge in [-0.3, -0.25) is 19.9 Å². The molecule has 3 aliphatic rings. The van der Waals surface area contributed by atoms with Crippen molar-refractivity contribution < 1.29 is 14.7 Å². The number of guanidine groups is 1. The van der Waals surface area contributed by atoms with E-state index in [0.29, 0.717) is 24.8 Å². The van der Waals surface area contributed by atoms with Crippen LogP contribution >= 0.6 is 0 Å². The predicted molar refractivity (Wildman–Crippen MR) is 130 cm³/mol. The SMILES string of the molecule is CC1(C)CC(=O)N(C2CC(C)(C)c3ccc(C(=O)N[C@@H]4c5ccccc5C[C@H]4O)cc32)C(=N)N1. The minimum Gasteiger partial charge on any atom is -0.390 e. The predicted octanol–water partition coefficient (Wildman–Crippen LogP) is 3.33. The van der Waals surface area contributed by atoms with Gasteiger partial charge < -0.3 is 15.7 Å². The van der Waals surface area contributed by atoms with Gasteiger partial charge in [0.2, 0.25) is 5.91 Å². The van der Waals surface area contributed by atoms with Crippen molar-refractivity contribution in [3.05, 3.63) is 70.3 Å². The van der Waals surface area contributed by atoms with E-state index in [0.717, 1.165) is 22.3 Å². The first-order valence-corrected chi connectivity index (χ1v) is 11.9. The summed E-state index contributed by atoms with van der Waals surface area (Å²) in [5, 5.41) is 25.3. The zero-order chi connectivity index (χ0) is 24.4. The molecule has 1 heterocycles. The maximum absolute atomic E-state index is 13.3. The van der Waals surface area contributed by atoms with Crippen molar-refractivity contribution in [1.82, 2.24) is 15.5 Å². The van der Waals surface area contributed by atoms with Crippen LogP contribution in [0.15, 0.2) is 42.5 Å². The number of benzene rings is 2. The van der Waals surface area contributed by atoms with Gasteiger partial charge in [-0.2, -0.15) is 0 Å². The largest absolute Gasteiger partial charge is 0.390 e. The maximum atomic E-state index is 13.3. The van der Waals surface area contributed by atoms with Gasteiger partial charge in [0.05, 0.1) is 18.2 Å². The molecule has 1 unspecified atom stereocenters. The lowest BCUT2D eigenvalue weighted by Gasteiger charge is -2.41. The zero-order valence-corrected chi connectivity index (χ0v) is 20.1. The molecule has 178 valence electrons. The highest BCUT2D eigenvalue weighted by Gasteiger charge is 2.46. The van der Waals surface area contributed by atoms with Crippen LogP contribution in [0, 0.1) is 5.41 Å². The molecule has 0 spiro atoms. The average molecular weight is 461 g/mol. The Morgan fingerprint density at radius 3 is 2.62 bits per heavy atom. The number of aliphatic hydroxyl groups is 1. The summed E-state index contributed by atoms with van der Waals surface area (Å²) in [4.78, 5) is 27.9. The van der Waals surface area contributed by atoms with Gasteiger partial charge in [0.15, 0.2) is 5.96 Å². The van der Waals surface area contributed by atoms with Crippen LogP contribution in [0.3, 0.4) is 0 Å². The molecule has 1 aliphatic heterocycles. The molecule has 0 aromatic heterocycles. The van der Waals surface area contributed by atoms with Gasteiger partial charge in [-0.05, 0) is 60.1 Å². The number of fused-ring (bicyclic) bond motifs is 2. The van der Waals surface area contributed by atoms with Crippen LogP contribution in [0.1, 0.15) is 85.2 Å². The molecule has 2 amide bonds. The molecule has 2 aromatic rings. The molecule has 2 aliphatic carbocycles. The number of nitrogens with zero attached hydrogens (tertiary/aromatic N) is 1. The maximum Gasteiger partial charge on any atom is 0.251 e. The van der Waals surface area contributed by atoms with Gasteiger partial charge in [0, 0.05) is 23.9 Å². The molecule has 2 aromatic carbocycles. The highest BCUT2D eigenvalue weighted by atomic mass is 16.3. The Hall–Kier alpha value is -3.19. The van der Waals surface area contributed by atoms with Gasteiger partial charge >= 0.3 is 0 Å². The number of hydrogen-bond donors (Lipinski definition) is 4. The highest BCUT2D eigenvalue weighted by molar-refractivity contribution is 6.00. The summed E-state index contributed by atoms with van der Waals surface area (Å²) in [5.74, 6) is -0.232. The molecule has 1 fully saturated rings. The number of rotatable bonds is 3. The van der Waals surface area contributed by atoms with Crippen molar-refractivity contribution in [2.24, 2.45) is 0 Å². The van der Waals surface area contributed by atoms with Crippen LogP contribution in [-0.4, -0.2) is 39.4 Å². The standard InChI is InChI=1S/C27H32N4O3/c1-26(2)13-20(31-22(33)14-27(3,4)30-25(31)28)18-11-16(9-10-19(18)26)24(34)29-23-17-8-6-5-7-15(17)12-21(23)32/h5-11,20-21,23,32H,12-14H2,1-4H3,(H2,28,30)(H,29,34)/t20?,21-,23-/m1/s1. The van der Waals surface area contributed by atoms with Crippen molar-refractivity contribution in [2.75, 3.05) is 0 Å². The van der Waals surface area contributed by atoms with Gasteiger partial charge in [0.1, 0.15) is 0 Å². The second kappa shape index (κ2) is 7.67. The third-order valence-corrected chi connectivity index (χ3v) is 7.47. The zero-order valence-electron chi connectivity index (χ0n) is 20.1. The first-order valence-electron chi connectivity index (χ1n) is 11.9. The van der Waals surface area contributed by atoms with E-state index in [1.165, 1.54) is 0 Å². The van der Waals surface area contributed by atoms with E-state index < -0.39 is 17.7 Å². The van der Waals surface area contributed by atoms with Crippen LogP contribution in [0.25, 0.3) is 0 Å². The van der Waals surface area contributed by atoms with Gasteiger partial charge in [-0.1, -0.05) is 44.2 Å². The van der Waals surface area contributed by atoms with E-state index in [1.807, 2.05) is 56.3 Å². The summed E-state index contributed by atoms with van der Waals surface area (Å²) in [7, 11) is 0. The molecule has 5 rings (SSSR count). The first kappa shape index (κ1) is 22.6. The van der Waals surface area contributed by atoms with Gasteiger partial charge in [-0.15, -0.1) is 0 Å². The molecular formula is C27H32N4O3. The molecule has 34 heavy (non-hydrogen) atoms. The molecule has 0 bridgehead atoms. The van der Waals surface area contributed by atoms with E-state index in [1.54, 1.807) is 4.90 Å². The first-order chi connectivity index (χ1) is 16.0. The van der Waals surface area contributed by atoms with Gasteiger partial charge in [0.25, 0.3) is 5.91 Å². The topological polar surface area (TPSA) is 106 Å². The number of nitrogens with one attached hydrogen (secondary N) is 3. The fourth-order valence-electron chi connectivity index (χ4n) is 5.84. The Bertz CT molecular complexity index is 1180. The van der Waals surface area contributed by atoms with E-state index in [9.17, 15) is 14.7 Å². The van der Waals surface area contributed by atoms with Gasteiger partial charge in [-0.25, -0.2) is 0 Å². The average Bonchev–Trinajstić information content (AvgIpc) is 3.19. The minimum atomic E-state index is -0.664. The number of amides is 2. The van der Waals surface area contributed by atoms with E-state index in [2.05, 4.69) is 24.5 Å². The lowest BCUT2D eigenvalue weighted by molar-refractivity contribution is -0.132. The lowest BCUT2D eigenvalue weighted by Crippen LogP contribution is -2.60. The van der Waals surface area contributed by atoms with Crippen LogP contribution in [0.4, 0.5) is 0 Å². The van der Waals surface area contributed by atoms with Crippen molar-refractivity contribution in [2.45, 2.75) is 76.1 Å². The molecule has 1 saturated heterocycles. The summed E-state index contributed by atoms with van der Waals surface area (Å²) in [6.45, 7) is 8.10. The lowest BCUT2D eigenvalue weighted by atomic mass is 9.86. The van der Waals surface area contributed by atoms with Crippen molar-refractivity contribution in [3.8, 4) is 0 Å². The smallest absolute Gasteiger partial charge is 0.251 e. The summed E-state index contributed by atoms with van der Waals surface area (Å²) in [5.41, 5.74) is 3.83. The molecule has 7 nitrogen and oxygen atoms in total. The Labute approximate surface area is 200 Å². The van der Waals surface area contributed by atoms with Crippen molar-refractivity contribution >= 4 is 17.8 Å². The number of carbonyl (C=O) groups is 2. The Morgan fingerprint density at radius 2 is 1.88 bits per heavy atom. The van der Waals surface area contributed by atoms with Crippen LogP contribution in [0.2, 0.25) is 0 Å². The fraction of sp³-hybridized carbons (Fsp3) is 0.444. The Kier molecular flexibility index (Phi) is 5.09. The van der Waals surface area contributed by atoms with Crippen molar-refractivity contribution in [1.29, 1.82) is 5.41 Å². The molecule has 3 atom stereocenters. The molecule has 0 saturated carbocycles. The quantitative estimate of drug-likeness (QED) is 0.564. The fourth-order valence-corrected chi connectivity index (χ4v) is 5.84. The third-order valence-electron chi connectivity index (χ3n) is 7.47. The monoisotopic (exact) mass is 460 g/mol. The van der Waals surface area contributed by atoms with Crippen LogP contribution in [0.5, 0.6) is 0 Å². The summed E-state index contributed by atoms with van der Waals surface area (Å²) in [6, 6.07) is 12.7. The Balaban J connectivity index is 1.45. The second-order valence-electron chi connectivity index (χ2n) is 11.1. The van der Waals surface area contributed by atoms with E-state index >= 15 is 0 Å². The second-order valence-corrected chi connectivity index (χ2v) is 11.1. The van der Waals surface area contributed by atoms with Crippen molar-refractivity contribution in [3.63, 3.8) is 0 Å². The Morgan fingerprint density at radius 1 is 1.15 bits per heavy atom. The molecule has 4 N–H and O–H groups in total. The molecule has 0 radical (unpaired) electrons. The summed E-state index contributed by atoms with van der Waals surface area (Å²) >= 11 is 0. The van der Waals surface area contributed by atoms with Crippen LogP contribution in [-0.2, 0) is 16.6 Å².